The number of carbonyl (C=O) groups is 1. The molecule has 0 saturated carbocycles. The van der Waals surface area contributed by atoms with Crippen molar-refractivity contribution in [1.29, 1.82) is 0 Å². The number of halogens is 3. The van der Waals surface area contributed by atoms with Crippen LogP contribution in [0.4, 0.5) is 13.2 Å². The zero-order valence-electron chi connectivity index (χ0n) is 15.5. The second kappa shape index (κ2) is 6.88. The first kappa shape index (κ1) is 18.9. The Bertz CT molecular complexity index is 1030. The standard InChI is InChI=1S/C19H19F3N4OS/c1-11-9-17-23-14(10-16(19(20,21)22)26(17)24-11)13-5-7-25(8-6-13)18(27)15-4-3-12(2)28-15/h3-4,9-10,13H,5-8H2,1-2H3. The van der Waals surface area contributed by atoms with E-state index in [1.165, 1.54) is 11.3 Å². The number of rotatable bonds is 2. The number of aromatic nitrogens is 3. The maximum Gasteiger partial charge on any atom is 0.433 e. The first-order valence-electron chi connectivity index (χ1n) is 9.02. The van der Waals surface area contributed by atoms with E-state index in [9.17, 15) is 18.0 Å². The van der Waals surface area contributed by atoms with Crippen LogP contribution in [0.2, 0.25) is 0 Å². The first-order chi connectivity index (χ1) is 13.2. The molecular weight excluding hydrogens is 389 g/mol. The van der Waals surface area contributed by atoms with Gasteiger partial charge in [-0.25, -0.2) is 9.50 Å². The summed E-state index contributed by atoms with van der Waals surface area (Å²) in [6.07, 6.45) is -3.34. The van der Waals surface area contributed by atoms with Gasteiger partial charge in [-0.1, -0.05) is 0 Å². The summed E-state index contributed by atoms with van der Waals surface area (Å²) >= 11 is 1.46. The molecule has 4 heterocycles. The third-order valence-electron chi connectivity index (χ3n) is 5.01. The summed E-state index contributed by atoms with van der Waals surface area (Å²) in [6.45, 7) is 4.61. The molecule has 28 heavy (non-hydrogen) atoms. The van der Waals surface area contributed by atoms with E-state index in [1.807, 2.05) is 19.1 Å². The second-order valence-electron chi connectivity index (χ2n) is 7.10. The van der Waals surface area contributed by atoms with Gasteiger partial charge >= 0.3 is 6.18 Å². The highest BCUT2D eigenvalue weighted by atomic mass is 32.1. The highest BCUT2D eigenvalue weighted by Gasteiger charge is 2.36. The van der Waals surface area contributed by atoms with E-state index in [0.29, 0.717) is 42.2 Å². The van der Waals surface area contributed by atoms with E-state index in [2.05, 4.69) is 10.1 Å². The maximum absolute atomic E-state index is 13.5. The summed E-state index contributed by atoms with van der Waals surface area (Å²) in [5.41, 5.74) is 0.295. The molecule has 0 bridgehead atoms. The summed E-state index contributed by atoms with van der Waals surface area (Å²) in [5.74, 6) is -0.127. The number of fused-ring (bicyclic) bond motifs is 1. The number of piperidine rings is 1. The van der Waals surface area contributed by atoms with E-state index >= 15 is 0 Å². The molecule has 0 spiro atoms. The van der Waals surface area contributed by atoms with Crippen molar-refractivity contribution in [3.63, 3.8) is 0 Å². The van der Waals surface area contributed by atoms with Crippen LogP contribution in [0.1, 0.15) is 50.4 Å². The van der Waals surface area contributed by atoms with Gasteiger partial charge in [0.2, 0.25) is 0 Å². The first-order valence-corrected chi connectivity index (χ1v) is 9.84. The van der Waals surface area contributed by atoms with Crippen molar-refractivity contribution < 1.29 is 18.0 Å². The molecular formula is C19H19F3N4OS. The Kier molecular flexibility index (Phi) is 4.65. The van der Waals surface area contributed by atoms with Gasteiger partial charge in [-0.15, -0.1) is 11.3 Å². The predicted octanol–water partition coefficient (Wildman–Crippen LogP) is 4.45. The maximum atomic E-state index is 13.5. The highest BCUT2D eigenvalue weighted by molar-refractivity contribution is 7.13. The Morgan fingerprint density at radius 1 is 1.18 bits per heavy atom. The van der Waals surface area contributed by atoms with Crippen molar-refractivity contribution >= 4 is 22.9 Å². The van der Waals surface area contributed by atoms with Crippen LogP contribution in [0.15, 0.2) is 24.3 Å². The third-order valence-corrected chi connectivity index (χ3v) is 6.00. The topological polar surface area (TPSA) is 50.5 Å². The molecule has 3 aromatic heterocycles. The fourth-order valence-corrected chi connectivity index (χ4v) is 4.44. The van der Waals surface area contributed by atoms with Gasteiger partial charge in [0.15, 0.2) is 5.65 Å². The lowest BCUT2D eigenvalue weighted by atomic mass is 9.92. The Balaban J connectivity index is 1.56. The molecule has 3 aromatic rings. The van der Waals surface area contributed by atoms with Crippen molar-refractivity contribution in [2.75, 3.05) is 13.1 Å². The lowest BCUT2D eigenvalue weighted by molar-refractivity contribution is -0.142. The molecule has 4 rings (SSSR count). The molecule has 0 unspecified atom stereocenters. The molecule has 0 N–H and O–H groups in total. The molecule has 1 fully saturated rings. The largest absolute Gasteiger partial charge is 0.433 e. The van der Waals surface area contributed by atoms with Gasteiger partial charge in [0.25, 0.3) is 5.91 Å². The van der Waals surface area contributed by atoms with E-state index in [1.54, 1.807) is 17.9 Å². The third kappa shape index (κ3) is 3.50. The number of carbonyl (C=O) groups excluding carboxylic acids is 1. The minimum atomic E-state index is -4.51. The molecule has 1 saturated heterocycles. The van der Waals surface area contributed by atoms with E-state index in [4.69, 9.17) is 0 Å². The Labute approximate surface area is 163 Å². The van der Waals surface area contributed by atoms with Crippen molar-refractivity contribution in [2.24, 2.45) is 0 Å². The average Bonchev–Trinajstić information content (AvgIpc) is 3.24. The Morgan fingerprint density at radius 2 is 1.89 bits per heavy atom. The number of alkyl halides is 3. The number of nitrogens with zero attached hydrogens (tertiary/aromatic N) is 4. The van der Waals surface area contributed by atoms with Gasteiger partial charge < -0.3 is 4.90 Å². The average molecular weight is 408 g/mol. The minimum Gasteiger partial charge on any atom is -0.338 e. The van der Waals surface area contributed by atoms with Crippen LogP contribution in [0, 0.1) is 13.8 Å². The summed E-state index contributed by atoms with van der Waals surface area (Å²) < 4.78 is 41.3. The molecule has 148 valence electrons. The van der Waals surface area contributed by atoms with Crippen molar-refractivity contribution in [3.8, 4) is 0 Å². The van der Waals surface area contributed by atoms with Crippen LogP contribution < -0.4 is 0 Å². The van der Waals surface area contributed by atoms with Gasteiger partial charge in [-0.05, 0) is 44.9 Å². The zero-order chi connectivity index (χ0) is 20.1. The van der Waals surface area contributed by atoms with E-state index in [0.717, 1.165) is 15.5 Å². The summed E-state index contributed by atoms with van der Waals surface area (Å²) in [6, 6.07) is 6.39. The van der Waals surface area contributed by atoms with Crippen LogP contribution in [0.25, 0.3) is 5.65 Å². The van der Waals surface area contributed by atoms with Gasteiger partial charge in [0.05, 0.1) is 10.6 Å². The minimum absolute atomic E-state index is 0.0117. The smallest absolute Gasteiger partial charge is 0.338 e. The Morgan fingerprint density at radius 3 is 2.50 bits per heavy atom. The molecule has 9 heteroatoms. The number of aryl methyl sites for hydroxylation is 2. The van der Waals surface area contributed by atoms with Crippen LogP contribution in [0.3, 0.4) is 0 Å². The summed E-state index contributed by atoms with van der Waals surface area (Å²) in [5, 5.41) is 3.92. The van der Waals surface area contributed by atoms with E-state index < -0.39 is 11.9 Å². The number of amides is 1. The molecule has 0 aliphatic carbocycles. The molecule has 0 radical (unpaired) electrons. The molecule has 1 amide bonds. The second-order valence-corrected chi connectivity index (χ2v) is 8.38. The highest BCUT2D eigenvalue weighted by Crippen LogP contribution is 2.34. The lowest BCUT2D eigenvalue weighted by Crippen LogP contribution is -2.37. The van der Waals surface area contributed by atoms with E-state index in [-0.39, 0.29) is 17.5 Å². The molecule has 5 nitrogen and oxygen atoms in total. The monoisotopic (exact) mass is 408 g/mol. The number of thiophene rings is 1. The summed E-state index contributed by atoms with van der Waals surface area (Å²) in [4.78, 5) is 20.6. The molecule has 1 aliphatic rings. The normalized spacial score (nSPS) is 16.1. The number of hydrogen-bond donors (Lipinski definition) is 0. The van der Waals surface area contributed by atoms with Crippen LogP contribution in [-0.2, 0) is 6.18 Å². The molecule has 0 atom stereocenters. The predicted molar refractivity (Wildman–Crippen MR) is 99.7 cm³/mol. The van der Waals surface area contributed by atoms with Crippen LogP contribution >= 0.6 is 11.3 Å². The number of hydrogen-bond acceptors (Lipinski definition) is 4. The van der Waals surface area contributed by atoms with Crippen molar-refractivity contribution in [1.82, 2.24) is 19.5 Å². The summed E-state index contributed by atoms with van der Waals surface area (Å²) in [7, 11) is 0. The fraction of sp³-hybridized carbons (Fsp3) is 0.421. The molecule has 0 aromatic carbocycles. The van der Waals surface area contributed by atoms with Gasteiger partial charge in [0, 0.05) is 35.6 Å². The van der Waals surface area contributed by atoms with Crippen molar-refractivity contribution in [2.45, 2.75) is 38.8 Å². The number of likely N-dealkylation sites (tertiary alicyclic amines) is 1. The zero-order valence-corrected chi connectivity index (χ0v) is 16.3. The van der Waals surface area contributed by atoms with Crippen LogP contribution in [-0.4, -0.2) is 38.5 Å². The fourth-order valence-electron chi connectivity index (χ4n) is 3.60. The van der Waals surface area contributed by atoms with Crippen molar-refractivity contribution in [3.05, 3.63) is 51.1 Å². The van der Waals surface area contributed by atoms with Gasteiger partial charge in [0.1, 0.15) is 5.69 Å². The lowest BCUT2D eigenvalue weighted by Gasteiger charge is -2.31. The van der Waals surface area contributed by atoms with Crippen LogP contribution in [0.5, 0.6) is 0 Å². The van der Waals surface area contributed by atoms with Gasteiger partial charge in [-0.2, -0.15) is 18.3 Å². The quantitative estimate of drug-likeness (QED) is 0.630. The van der Waals surface area contributed by atoms with Gasteiger partial charge in [-0.3, -0.25) is 4.79 Å². The molecule has 1 aliphatic heterocycles. The Hall–Kier alpha value is -2.42. The SMILES string of the molecule is Cc1cc2nc(C3CCN(C(=O)c4ccc(C)s4)CC3)cc(C(F)(F)F)n2n1.